The van der Waals surface area contributed by atoms with Gasteiger partial charge in [-0.2, -0.15) is 0 Å². The molecule has 120 valence electrons. The highest BCUT2D eigenvalue weighted by Gasteiger charge is 2.22. The van der Waals surface area contributed by atoms with Gasteiger partial charge in [-0.25, -0.2) is 4.79 Å². The molecule has 1 aromatic carbocycles. The lowest BCUT2D eigenvalue weighted by atomic mass is 10.1. The van der Waals surface area contributed by atoms with E-state index in [2.05, 4.69) is 5.32 Å². The summed E-state index contributed by atoms with van der Waals surface area (Å²) in [5, 5.41) is 2.76. The summed E-state index contributed by atoms with van der Waals surface area (Å²) in [6.45, 7) is 0.237. The van der Waals surface area contributed by atoms with Crippen LogP contribution in [-0.2, 0) is 24.8 Å². The van der Waals surface area contributed by atoms with E-state index in [0.717, 1.165) is 22.3 Å². The predicted octanol–water partition coefficient (Wildman–Crippen LogP) is -0.333. The monoisotopic (exact) mass is 315 g/mol. The third kappa shape index (κ3) is 3.18. The average molecular weight is 315 g/mol. The van der Waals surface area contributed by atoms with E-state index in [1.165, 1.54) is 23.9 Å². The Morgan fingerprint density at radius 3 is 2.87 bits per heavy atom. The van der Waals surface area contributed by atoms with Gasteiger partial charge in [0.15, 0.2) is 0 Å². The molecule has 0 saturated heterocycles. The van der Waals surface area contributed by atoms with Crippen molar-refractivity contribution in [3.63, 3.8) is 0 Å². The normalized spacial score (nSPS) is 15.8. The number of carbonyl (C=O) groups excluding carboxylic acids is 1. The summed E-state index contributed by atoms with van der Waals surface area (Å²) < 4.78 is 7.90. The van der Waals surface area contributed by atoms with E-state index in [-0.39, 0.29) is 18.6 Å². The smallest absolute Gasteiger partial charge is 0.331 e. The molecule has 1 N–H and O–H groups in total. The second-order valence-electron chi connectivity index (χ2n) is 5.48. The molecule has 0 aliphatic carbocycles. The molecule has 7 nitrogen and oxygen atoms in total. The van der Waals surface area contributed by atoms with E-state index in [9.17, 15) is 14.4 Å². The van der Waals surface area contributed by atoms with Gasteiger partial charge in [0.2, 0.25) is 5.91 Å². The lowest BCUT2D eigenvalue weighted by Crippen LogP contribution is -2.42. The Labute approximate surface area is 132 Å². The SMILES string of the molecule is Cn1c(=O)ccn(CC(=O)NC[C@@H]2Cc3ccccc3O2)c1=O. The van der Waals surface area contributed by atoms with Crippen LogP contribution in [0.1, 0.15) is 5.56 Å². The van der Waals surface area contributed by atoms with E-state index in [0.29, 0.717) is 6.54 Å². The summed E-state index contributed by atoms with van der Waals surface area (Å²) in [5.74, 6) is 0.548. The number of para-hydroxylation sites is 1. The Kier molecular flexibility index (Phi) is 4.01. The number of nitrogens with zero attached hydrogens (tertiary/aromatic N) is 2. The summed E-state index contributed by atoms with van der Waals surface area (Å²) >= 11 is 0. The number of fused-ring (bicyclic) bond motifs is 1. The first-order valence-corrected chi connectivity index (χ1v) is 7.32. The molecule has 23 heavy (non-hydrogen) atoms. The van der Waals surface area contributed by atoms with Crippen LogP contribution in [0, 0.1) is 0 Å². The van der Waals surface area contributed by atoms with Crippen LogP contribution in [0.4, 0.5) is 0 Å². The molecule has 0 bridgehead atoms. The van der Waals surface area contributed by atoms with Gasteiger partial charge in [0.05, 0.1) is 6.54 Å². The molecule has 0 fully saturated rings. The molecule has 1 atom stereocenters. The van der Waals surface area contributed by atoms with Gasteiger partial charge in [-0.1, -0.05) is 18.2 Å². The van der Waals surface area contributed by atoms with Crippen molar-refractivity contribution in [3.05, 3.63) is 62.9 Å². The van der Waals surface area contributed by atoms with E-state index in [4.69, 9.17) is 4.74 Å². The lowest BCUT2D eigenvalue weighted by molar-refractivity contribution is -0.122. The molecule has 0 saturated carbocycles. The number of aromatic nitrogens is 2. The van der Waals surface area contributed by atoms with E-state index in [1.807, 2.05) is 24.3 Å². The van der Waals surface area contributed by atoms with Crippen molar-refractivity contribution in [2.75, 3.05) is 6.54 Å². The highest BCUT2D eigenvalue weighted by atomic mass is 16.5. The molecular formula is C16H17N3O4. The summed E-state index contributed by atoms with van der Waals surface area (Å²) in [7, 11) is 1.38. The zero-order valence-electron chi connectivity index (χ0n) is 12.7. The van der Waals surface area contributed by atoms with Crippen molar-refractivity contribution >= 4 is 5.91 Å². The first-order valence-electron chi connectivity index (χ1n) is 7.32. The van der Waals surface area contributed by atoms with Crippen molar-refractivity contribution in [3.8, 4) is 5.75 Å². The van der Waals surface area contributed by atoms with Gasteiger partial charge in [0, 0.05) is 25.7 Å². The van der Waals surface area contributed by atoms with Gasteiger partial charge in [-0.15, -0.1) is 0 Å². The van der Waals surface area contributed by atoms with Gasteiger partial charge in [-0.05, 0) is 11.6 Å². The number of carbonyl (C=O) groups is 1. The number of amides is 1. The van der Waals surface area contributed by atoms with E-state index < -0.39 is 11.2 Å². The fourth-order valence-corrected chi connectivity index (χ4v) is 2.54. The predicted molar refractivity (Wildman–Crippen MR) is 83.5 cm³/mol. The zero-order chi connectivity index (χ0) is 16.4. The van der Waals surface area contributed by atoms with Gasteiger partial charge < -0.3 is 10.1 Å². The molecule has 0 spiro atoms. The van der Waals surface area contributed by atoms with Crippen LogP contribution in [0.25, 0.3) is 0 Å². The molecule has 7 heteroatoms. The summed E-state index contributed by atoms with van der Waals surface area (Å²) in [4.78, 5) is 35.2. The molecule has 0 radical (unpaired) electrons. The third-order valence-corrected chi connectivity index (χ3v) is 3.81. The van der Waals surface area contributed by atoms with Gasteiger partial charge in [0.1, 0.15) is 18.4 Å². The minimum atomic E-state index is -0.517. The molecule has 1 aliphatic heterocycles. The summed E-state index contributed by atoms with van der Waals surface area (Å²) in [6, 6.07) is 9.02. The summed E-state index contributed by atoms with van der Waals surface area (Å²) in [5.41, 5.74) is 0.210. The number of hydrogen-bond acceptors (Lipinski definition) is 4. The van der Waals surface area contributed by atoms with Gasteiger partial charge >= 0.3 is 5.69 Å². The summed E-state index contributed by atoms with van der Waals surface area (Å²) in [6.07, 6.45) is 1.97. The fraction of sp³-hybridized carbons (Fsp3) is 0.312. The quantitative estimate of drug-likeness (QED) is 0.837. The standard InChI is InChI=1S/C16H17N3O4/c1-18-15(21)6-7-19(16(18)22)10-14(20)17-9-12-8-11-4-2-3-5-13(11)23-12/h2-7,12H,8-10H2,1H3,(H,17,20)/t12-/m0/s1. The number of benzene rings is 1. The Morgan fingerprint density at radius 1 is 1.30 bits per heavy atom. The highest BCUT2D eigenvalue weighted by Crippen LogP contribution is 2.27. The number of rotatable bonds is 4. The van der Waals surface area contributed by atoms with Crippen LogP contribution in [0.3, 0.4) is 0 Å². The van der Waals surface area contributed by atoms with Crippen LogP contribution < -0.4 is 21.3 Å². The molecule has 1 aromatic heterocycles. The maximum absolute atomic E-state index is 12.0. The van der Waals surface area contributed by atoms with Crippen LogP contribution in [0.2, 0.25) is 0 Å². The number of hydrogen-bond donors (Lipinski definition) is 1. The molecule has 1 amide bonds. The number of ether oxygens (including phenoxy) is 1. The first-order chi connectivity index (χ1) is 11.0. The Bertz CT molecular complexity index is 828. The van der Waals surface area contributed by atoms with E-state index in [1.54, 1.807) is 0 Å². The highest BCUT2D eigenvalue weighted by molar-refractivity contribution is 5.75. The van der Waals surface area contributed by atoms with Crippen LogP contribution in [-0.4, -0.2) is 27.7 Å². The third-order valence-electron chi connectivity index (χ3n) is 3.81. The Morgan fingerprint density at radius 2 is 2.09 bits per heavy atom. The van der Waals surface area contributed by atoms with Gasteiger partial charge in [0.25, 0.3) is 5.56 Å². The van der Waals surface area contributed by atoms with Crippen molar-refractivity contribution in [1.29, 1.82) is 0 Å². The maximum Gasteiger partial charge on any atom is 0.331 e. The second-order valence-corrected chi connectivity index (χ2v) is 5.48. The van der Waals surface area contributed by atoms with Crippen molar-refractivity contribution < 1.29 is 9.53 Å². The van der Waals surface area contributed by atoms with Gasteiger partial charge in [-0.3, -0.25) is 18.7 Å². The lowest BCUT2D eigenvalue weighted by Gasteiger charge is -2.12. The number of nitrogens with one attached hydrogen (secondary N) is 1. The maximum atomic E-state index is 12.0. The van der Waals surface area contributed by atoms with Crippen LogP contribution in [0.5, 0.6) is 5.75 Å². The molecule has 1 aliphatic rings. The van der Waals surface area contributed by atoms with E-state index >= 15 is 0 Å². The fourth-order valence-electron chi connectivity index (χ4n) is 2.54. The topological polar surface area (TPSA) is 82.3 Å². The van der Waals surface area contributed by atoms with Crippen LogP contribution >= 0.6 is 0 Å². The Balaban J connectivity index is 1.56. The first kappa shape index (κ1) is 15.1. The Hall–Kier alpha value is -2.83. The molecule has 3 rings (SSSR count). The minimum Gasteiger partial charge on any atom is -0.488 e. The van der Waals surface area contributed by atoms with Crippen molar-refractivity contribution in [1.82, 2.24) is 14.5 Å². The van der Waals surface area contributed by atoms with Crippen molar-refractivity contribution in [2.45, 2.75) is 19.1 Å². The zero-order valence-corrected chi connectivity index (χ0v) is 12.7. The average Bonchev–Trinajstić information content (AvgIpc) is 2.96. The molecular weight excluding hydrogens is 298 g/mol. The minimum absolute atomic E-state index is 0.104. The van der Waals surface area contributed by atoms with Crippen molar-refractivity contribution in [2.24, 2.45) is 7.05 Å². The van der Waals surface area contributed by atoms with Crippen LogP contribution in [0.15, 0.2) is 46.1 Å². The molecule has 2 aromatic rings. The molecule has 2 heterocycles. The second kappa shape index (κ2) is 6.12. The largest absolute Gasteiger partial charge is 0.488 e. The molecule has 0 unspecified atom stereocenters.